The van der Waals surface area contributed by atoms with Gasteiger partial charge in [-0.3, -0.25) is 4.79 Å². The molecule has 0 aliphatic heterocycles. The average Bonchev–Trinajstić information content (AvgIpc) is 2.24. The molecule has 2 N–H and O–H groups in total. The van der Waals surface area contributed by atoms with Crippen LogP contribution in [0.15, 0.2) is 0 Å². The first-order valence-electron chi connectivity index (χ1n) is 5.76. The number of carbonyl (C=O) groups excluding carboxylic acids is 1. The number of carboxylic acid groups (broad SMARTS) is 1. The fourth-order valence-electron chi connectivity index (χ4n) is 1.09. The van der Waals surface area contributed by atoms with Gasteiger partial charge in [0.05, 0.1) is 12.5 Å². The summed E-state index contributed by atoms with van der Waals surface area (Å²) < 4.78 is 5.32. The molecule has 17 heavy (non-hydrogen) atoms. The van der Waals surface area contributed by atoms with Gasteiger partial charge in [0.1, 0.15) is 0 Å². The van der Waals surface area contributed by atoms with Crippen molar-refractivity contribution in [1.29, 1.82) is 0 Å². The molecule has 100 valence electrons. The standard InChI is InChI=1S/C11H22N2O4/c1-9(2)17-8-4-6-12-11(16)13(3)7-5-10(14)15/h9H,4-8H2,1-3H3,(H,12,16)(H,14,15). The van der Waals surface area contributed by atoms with Crippen LogP contribution < -0.4 is 5.32 Å². The van der Waals surface area contributed by atoms with Crippen LogP contribution in [0.2, 0.25) is 0 Å². The maximum atomic E-state index is 11.4. The monoisotopic (exact) mass is 246 g/mol. The summed E-state index contributed by atoms with van der Waals surface area (Å²) in [6.07, 6.45) is 0.904. The Bertz CT molecular complexity index is 244. The molecule has 0 aliphatic rings. The lowest BCUT2D eigenvalue weighted by molar-refractivity contribution is -0.137. The third-order valence-electron chi connectivity index (χ3n) is 2.06. The summed E-state index contributed by atoms with van der Waals surface area (Å²) >= 11 is 0. The Labute approximate surface area is 102 Å². The maximum Gasteiger partial charge on any atom is 0.317 e. The molecule has 0 unspecified atom stereocenters. The second-order valence-corrected chi connectivity index (χ2v) is 4.07. The highest BCUT2D eigenvalue weighted by molar-refractivity contribution is 5.74. The lowest BCUT2D eigenvalue weighted by atomic mass is 10.4. The molecule has 0 radical (unpaired) electrons. The van der Waals surface area contributed by atoms with Crippen LogP contribution in [0.4, 0.5) is 4.79 Å². The van der Waals surface area contributed by atoms with Crippen molar-refractivity contribution in [2.45, 2.75) is 32.8 Å². The van der Waals surface area contributed by atoms with E-state index in [1.165, 1.54) is 4.90 Å². The Morgan fingerprint density at radius 2 is 2.06 bits per heavy atom. The van der Waals surface area contributed by atoms with Crippen LogP contribution in [0.25, 0.3) is 0 Å². The van der Waals surface area contributed by atoms with E-state index in [4.69, 9.17) is 9.84 Å². The highest BCUT2D eigenvalue weighted by Crippen LogP contribution is 1.91. The minimum atomic E-state index is -0.907. The normalized spacial score (nSPS) is 10.4. The van der Waals surface area contributed by atoms with Crippen LogP contribution >= 0.6 is 0 Å². The van der Waals surface area contributed by atoms with E-state index in [0.29, 0.717) is 13.2 Å². The molecule has 0 fully saturated rings. The Morgan fingerprint density at radius 3 is 2.59 bits per heavy atom. The van der Waals surface area contributed by atoms with Crippen molar-refractivity contribution in [3.8, 4) is 0 Å². The van der Waals surface area contributed by atoms with E-state index >= 15 is 0 Å². The number of nitrogens with one attached hydrogen (secondary N) is 1. The van der Waals surface area contributed by atoms with Crippen LogP contribution in [-0.2, 0) is 9.53 Å². The molecule has 0 heterocycles. The number of carboxylic acids is 1. The topological polar surface area (TPSA) is 78.9 Å². The van der Waals surface area contributed by atoms with E-state index < -0.39 is 5.97 Å². The molecule has 0 aromatic rings. The molecule has 0 spiro atoms. The van der Waals surface area contributed by atoms with Gasteiger partial charge in [0, 0.05) is 26.7 Å². The van der Waals surface area contributed by atoms with Gasteiger partial charge in [-0.05, 0) is 20.3 Å². The summed E-state index contributed by atoms with van der Waals surface area (Å²) in [6.45, 7) is 5.26. The summed E-state index contributed by atoms with van der Waals surface area (Å²) in [7, 11) is 1.57. The molecule has 0 aliphatic carbocycles. The van der Waals surface area contributed by atoms with E-state index in [2.05, 4.69) is 5.32 Å². The largest absolute Gasteiger partial charge is 0.481 e. The number of aliphatic carboxylic acids is 1. The van der Waals surface area contributed by atoms with Gasteiger partial charge in [0.25, 0.3) is 0 Å². The van der Waals surface area contributed by atoms with Gasteiger partial charge >= 0.3 is 12.0 Å². The quantitative estimate of drug-likeness (QED) is 0.624. The average molecular weight is 246 g/mol. The molecule has 2 amide bonds. The van der Waals surface area contributed by atoms with Crippen molar-refractivity contribution < 1.29 is 19.4 Å². The predicted molar refractivity (Wildman–Crippen MR) is 64.0 cm³/mol. The van der Waals surface area contributed by atoms with E-state index in [9.17, 15) is 9.59 Å². The summed E-state index contributed by atoms with van der Waals surface area (Å²) in [6, 6.07) is -0.254. The Hall–Kier alpha value is -1.30. The van der Waals surface area contributed by atoms with Crippen LogP contribution in [0.5, 0.6) is 0 Å². The molecule has 0 bridgehead atoms. The fraction of sp³-hybridized carbons (Fsp3) is 0.818. The van der Waals surface area contributed by atoms with Gasteiger partial charge in [-0.25, -0.2) is 4.79 Å². The molecule has 0 atom stereocenters. The van der Waals surface area contributed by atoms with Crippen molar-refractivity contribution in [2.75, 3.05) is 26.7 Å². The number of rotatable bonds is 8. The number of carbonyl (C=O) groups is 2. The molecule has 0 aromatic heterocycles. The van der Waals surface area contributed by atoms with Gasteiger partial charge in [0.2, 0.25) is 0 Å². The molecule has 0 saturated carbocycles. The molecule has 0 saturated heterocycles. The zero-order valence-corrected chi connectivity index (χ0v) is 10.7. The zero-order chi connectivity index (χ0) is 13.3. The highest BCUT2D eigenvalue weighted by atomic mass is 16.5. The first-order valence-corrected chi connectivity index (χ1v) is 5.76. The summed E-state index contributed by atoms with van der Waals surface area (Å²) in [4.78, 5) is 23.1. The maximum absolute atomic E-state index is 11.4. The minimum Gasteiger partial charge on any atom is -0.481 e. The third kappa shape index (κ3) is 9.62. The lowest BCUT2D eigenvalue weighted by Gasteiger charge is -2.17. The van der Waals surface area contributed by atoms with Crippen molar-refractivity contribution >= 4 is 12.0 Å². The Kier molecular flexibility index (Phi) is 8.13. The van der Waals surface area contributed by atoms with Crippen LogP contribution in [-0.4, -0.2) is 54.9 Å². The molecule has 6 heteroatoms. The van der Waals surface area contributed by atoms with Crippen molar-refractivity contribution in [2.24, 2.45) is 0 Å². The first-order chi connectivity index (χ1) is 7.93. The van der Waals surface area contributed by atoms with Crippen LogP contribution in [0, 0.1) is 0 Å². The van der Waals surface area contributed by atoms with Crippen molar-refractivity contribution in [3.63, 3.8) is 0 Å². The van der Waals surface area contributed by atoms with Gasteiger partial charge in [-0.15, -0.1) is 0 Å². The number of amides is 2. The molecule has 0 aromatic carbocycles. The second kappa shape index (κ2) is 8.81. The third-order valence-corrected chi connectivity index (χ3v) is 2.06. The molecule has 0 rings (SSSR count). The van der Waals surface area contributed by atoms with Gasteiger partial charge in [0.15, 0.2) is 0 Å². The SMILES string of the molecule is CC(C)OCCCNC(=O)N(C)CCC(=O)O. The van der Waals surface area contributed by atoms with Crippen LogP contribution in [0.3, 0.4) is 0 Å². The van der Waals surface area contributed by atoms with E-state index in [1.807, 2.05) is 13.8 Å². The van der Waals surface area contributed by atoms with E-state index in [1.54, 1.807) is 7.05 Å². The number of ether oxygens (including phenoxy) is 1. The van der Waals surface area contributed by atoms with Gasteiger partial charge in [-0.2, -0.15) is 0 Å². The molecule has 6 nitrogen and oxygen atoms in total. The molecular weight excluding hydrogens is 224 g/mol. The number of nitrogens with zero attached hydrogens (tertiary/aromatic N) is 1. The van der Waals surface area contributed by atoms with Gasteiger partial charge < -0.3 is 20.1 Å². The predicted octanol–water partition coefficient (Wildman–Crippen LogP) is 0.918. The summed E-state index contributed by atoms with van der Waals surface area (Å²) in [5, 5.41) is 11.2. The smallest absolute Gasteiger partial charge is 0.317 e. The van der Waals surface area contributed by atoms with E-state index in [-0.39, 0.29) is 25.1 Å². The number of hydrogen-bond donors (Lipinski definition) is 2. The second-order valence-electron chi connectivity index (χ2n) is 4.07. The zero-order valence-electron chi connectivity index (χ0n) is 10.7. The summed E-state index contributed by atoms with van der Waals surface area (Å²) in [5.41, 5.74) is 0. The first kappa shape index (κ1) is 15.7. The highest BCUT2D eigenvalue weighted by Gasteiger charge is 2.08. The van der Waals surface area contributed by atoms with E-state index in [0.717, 1.165) is 6.42 Å². The summed E-state index contributed by atoms with van der Waals surface area (Å²) in [5.74, 6) is -0.907. The fourth-order valence-corrected chi connectivity index (χ4v) is 1.09. The Balaban J connectivity index is 3.53. The lowest BCUT2D eigenvalue weighted by Crippen LogP contribution is -2.39. The van der Waals surface area contributed by atoms with Crippen molar-refractivity contribution in [3.05, 3.63) is 0 Å². The van der Waals surface area contributed by atoms with Gasteiger partial charge in [-0.1, -0.05) is 0 Å². The Morgan fingerprint density at radius 1 is 1.41 bits per heavy atom. The number of hydrogen-bond acceptors (Lipinski definition) is 3. The number of urea groups is 1. The molecular formula is C11H22N2O4. The van der Waals surface area contributed by atoms with Crippen LogP contribution in [0.1, 0.15) is 26.7 Å². The minimum absolute atomic E-state index is 0.0413. The van der Waals surface area contributed by atoms with Crippen molar-refractivity contribution in [1.82, 2.24) is 10.2 Å².